The molecule has 31 heavy (non-hydrogen) atoms. The van der Waals surface area contributed by atoms with Gasteiger partial charge in [0, 0.05) is 32.7 Å². The van der Waals surface area contributed by atoms with Gasteiger partial charge in [0.1, 0.15) is 29.8 Å². The molecule has 1 saturated heterocycles. The Labute approximate surface area is 179 Å². The van der Waals surface area contributed by atoms with Crippen LogP contribution in [0.15, 0.2) is 53.1 Å². The molecule has 2 heterocycles. The first-order valence-electron chi connectivity index (χ1n) is 10.1. The van der Waals surface area contributed by atoms with E-state index in [-0.39, 0.29) is 29.8 Å². The molecule has 1 fully saturated rings. The maximum absolute atomic E-state index is 13.4. The van der Waals surface area contributed by atoms with Crippen molar-refractivity contribution in [2.45, 2.75) is 20.1 Å². The highest BCUT2D eigenvalue weighted by Gasteiger charge is 2.28. The van der Waals surface area contributed by atoms with Crippen molar-refractivity contribution in [2.24, 2.45) is 0 Å². The Morgan fingerprint density at radius 1 is 1.06 bits per heavy atom. The van der Waals surface area contributed by atoms with Gasteiger partial charge >= 0.3 is 0 Å². The molecule has 8 heteroatoms. The van der Waals surface area contributed by atoms with E-state index in [4.69, 9.17) is 9.26 Å². The summed E-state index contributed by atoms with van der Waals surface area (Å²) < 4.78 is 37.4. The molecule has 0 N–H and O–H groups in total. The summed E-state index contributed by atoms with van der Waals surface area (Å²) in [7, 11) is 0. The van der Waals surface area contributed by atoms with E-state index in [1.165, 1.54) is 36.4 Å². The van der Waals surface area contributed by atoms with E-state index in [1.54, 1.807) is 17.9 Å². The molecule has 0 radical (unpaired) electrons. The third-order valence-corrected chi connectivity index (χ3v) is 5.34. The molecule has 2 aromatic carbocycles. The molecule has 0 spiro atoms. The van der Waals surface area contributed by atoms with E-state index in [9.17, 15) is 13.6 Å². The zero-order chi connectivity index (χ0) is 21.8. The first-order chi connectivity index (χ1) is 15.0. The highest BCUT2D eigenvalue weighted by atomic mass is 19.1. The molecule has 6 nitrogen and oxygen atoms in total. The SMILES string of the molecule is Cc1onc(C(=O)N2CCN(Cc3cccc(F)c3)CC2)c1COc1ccc(F)cc1. The molecule has 1 aliphatic rings. The summed E-state index contributed by atoms with van der Waals surface area (Å²) in [6.45, 7) is 4.91. The van der Waals surface area contributed by atoms with Crippen molar-refractivity contribution >= 4 is 5.91 Å². The van der Waals surface area contributed by atoms with Crippen molar-refractivity contribution in [2.75, 3.05) is 26.2 Å². The minimum Gasteiger partial charge on any atom is -0.489 e. The van der Waals surface area contributed by atoms with Gasteiger partial charge in [-0.2, -0.15) is 0 Å². The first kappa shape index (κ1) is 21.0. The van der Waals surface area contributed by atoms with E-state index >= 15 is 0 Å². The second-order valence-corrected chi connectivity index (χ2v) is 7.51. The lowest BCUT2D eigenvalue weighted by molar-refractivity contribution is 0.0616. The van der Waals surface area contributed by atoms with Gasteiger partial charge in [-0.1, -0.05) is 17.3 Å². The molecule has 0 bridgehead atoms. The smallest absolute Gasteiger partial charge is 0.276 e. The Kier molecular flexibility index (Phi) is 6.27. The third kappa shape index (κ3) is 5.08. The van der Waals surface area contributed by atoms with E-state index < -0.39 is 0 Å². The highest BCUT2D eigenvalue weighted by molar-refractivity contribution is 5.93. The highest BCUT2D eigenvalue weighted by Crippen LogP contribution is 2.20. The second-order valence-electron chi connectivity index (χ2n) is 7.51. The number of hydrogen-bond donors (Lipinski definition) is 0. The predicted molar refractivity (Wildman–Crippen MR) is 110 cm³/mol. The maximum Gasteiger partial charge on any atom is 0.276 e. The number of ether oxygens (including phenoxy) is 1. The molecule has 1 amide bonds. The van der Waals surface area contributed by atoms with Gasteiger partial charge in [0.25, 0.3) is 5.91 Å². The third-order valence-electron chi connectivity index (χ3n) is 5.34. The number of halogens is 2. The van der Waals surface area contributed by atoms with Crippen LogP contribution in [0.25, 0.3) is 0 Å². The van der Waals surface area contributed by atoms with Crippen LogP contribution >= 0.6 is 0 Å². The number of hydrogen-bond acceptors (Lipinski definition) is 5. The fraction of sp³-hybridized carbons (Fsp3) is 0.304. The fourth-order valence-electron chi connectivity index (χ4n) is 3.57. The zero-order valence-corrected chi connectivity index (χ0v) is 17.2. The Hall–Kier alpha value is -3.26. The molecular weight excluding hydrogens is 404 g/mol. The van der Waals surface area contributed by atoms with Gasteiger partial charge in [-0.05, 0) is 48.9 Å². The van der Waals surface area contributed by atoms with Crippen molar-refractivity contribution < 1.29 is 22.8 Å². The van der Waals surface area contributed by atoms with Crippen LogP contribution in [0.2, 0.25) is 0 Å². The van der Waals surface area contributed by atoms with Crippen LogP contribution < -0.4 is 4.74 Å². The van der Waals surface area contributed by atoms with Gasteiger partial charge in [-0.3, -0.25) is 9.69 Å². The van der Waals surface area contributed by atoms with E-state index in [1.807, 2.05) is 6.07 Å². The standard InChI is InChI=1S/C23H23F2N3O3/c1-16-21(15-30-20-7-5-18(24)6-8-20)22(26-31-16)23(29)28-11-9-27(10-12-28)14-17-3-2-4-19(25)13-17/h2-8,13H,9-12,14-15H2,1H3. The van der Waals surface area contributed by atoms with Crippen LogP contribution in [-0.4, -0.2) is 47.0 Å². The van der Waals surface area contributed by atoms with Crippen LogP contribution in [-0.2, 0) is 13.2 Å². The molecule has 1 aliphatic heterocycles. The normalized spacial score (nSPS) is 14.6. The lowest BCUT2D eigenvalue weighted by Crippen LogP contribution is -2.48. The summed E-state index contributed by atoms with van der Waals surface area (Å²) in [6.07, 6.45) is 0. The van der Waals surface area contributed by atoms with Gasteiger partial charge in [0.15, 0.2) is 5.69 Å². The largest absolute Gasteiger partial charge is 0.489 e. The molecular formula is C23H23F2N3O3. The van der Waals surface area contributed by atoms with Crippen molar-refractivity contribution in [1.82, 2.24) is 15.0 Å². The van der Waals surface area contributed by atoms with Gasteiger partial charge < -0.3 is 14.2 Å². The summed E-state index contributed by atoms with van der Waals surface area (Å²) in [6, 6.07) is 12.2. The molecule has 0 unspecified atom stereocenters. The molecule has 0 aliphatic carbocycles. The number of aromatic nitrogens is 1. The molecule has 3 aromatic rings. The van der Waals surface area contributed by atoms with Gasteiger partial charge in [-0.25, -0.2) is 8.78 Å². The Bertz CT molecular complexity index is 1040. The van der Waals surface area contributed by atoms with Crippen molar-refractivity contribution in [1.29, 1.82) is 0 Å². The number of nitrogens with zero attached hydrogens (tertiary/aromatic N) is 3. The fourth-order valence-corrected chi connectivity index (χ4v) is 3.57. The Balaban J connectivity index is 1.36. The summed E-state index contributed by atoms with van der Waals surface area (Å²) in [5.41, 5.74) is 1.72. The average molecular weight is 427 g/mol. The molecule has 162 valence electrons. The van der Waals surface area contributed by atoms with Crippen molar-refractivity contribution in [3.05, 3.63) is 82.7 Å². The molecule has 1 aromatic heterocycles. The van der Waals surface area contributed by atoms with Crippen molar-refractivity contribution in [3.63, 3.8) is 0 Å². The second kappa shape index (κ2) is 9.26. The lowest BCUT2D eigenvalue weighted by Gasteiger charge is -2.34. The van der Waals surface area contributed by atoms with Gasteiger partial charge in [-0.15, -0.1) is 0 Å². The minimum atomic E-state index is -0.346. The van der Waals surface area contributed by atoms with E-state index in [2.05, 4.69) is 10.1 Å². The summed E-state index contributed by atoms with van der Waals surface area (Å²) >= 11 is 0. The van der Waals surface area contributed by atoms with Crippen LogP contribution in [0.3, 0.4) is 0 Å². The number of carbonyl (C=O) groups excluding carboxylic acids is 1. The van der Waals surface area contributed by atoms with Gasteiger partial charge in [0.05, 0.1) is 5.56 Å². The lowest BCUT2D eigenvalue weighted by atomic mass is 10.1. The van der Waals surface area contributed by atoms with Gasteiger partial charge in [0.2, 0.25) is 0 Å². The van der Waals surface area contributed by atoms with Crippen LogP contribution in [0.1, 0.15) is 27.4 Å². The summed E-state index contributed by atoms with van der Waals surface area (Å²) in [5.74, 6) is 0.200. The Morgan fingerprint density at radius 3 is 2.52 bits per heavy atom. The number of amides is 1. The topological polar surface area (TPSA) is 58.8 Å². The number of piperazine rings is 1. The zero-order valence-electron chi connectivity index (χ0n) is 17.2. The number of aryl methyl sites for hydroxylation is 1. The Morgan fingerprint density at radius 2 is 1.81 bits per heavy atom. The monoisotopic (exact) mass is 427 g/mol. The quantitative estimate of drug-likeness (QED) is 0.599. The summed E-state index contributed by atoms with van der Waals surface area (Å²) in [5, 5.41) is 3.95. The maximum atomic E-state index is 13.4. The van der Waals surface area contributed by atoms with E-state index in [0.29, 0.717) is 49.8 Å². The van der Waals surface area contributed by atoms with Crippen LogP contribution in [0, 0.1) is 18.6 Å². The predicted octanol–water partition coefficient (Wildman–Crippen LogP) is 3.80. The van der Waals surface area contributed by atoms with E-state index in [0.717, 1.165) is 5.56 Å². The first-order valence-corrected chi connectivity index (χ1v) is 10.1. The molecule has 0 saturated carbocycles. The molecule has 0 atom stereocenters. The van der Waals surface area contributed by atoms with Crippen LogP contribution in [0.4, 0.5) is 8.78 Å². The molecule has 4 rings (SSSR count). The average Bonchev–Trinajstić information content (AvgIpc) is 3.14. The van der Waals surface area contributed by atoms with Crippen LogP contribution in [0.5, 0.6) is 5.75 Å². The number of benzene rings is 2. The number of rotatable bonds is 6. The summed E-state index contributed by atoms with van der Waals surface area (Å²) in [4.78, 5) is 17.0. The number of carbonyl (C=O) groups is 1. The van der Waals surface area contributed by atoms with Crippen molar-refractivity contribution in [3.8, 4) is 5.75 Å². The minimum absolute atomic E-state index is 0.0988.